The topological polar surface area (TPSA) is 93.5 Å². The average molecular weight is 506 g/mol. The first-order chi connectivity index (χ1) is 18.6. The van der Waals surface area contributed by atoms with Gasteiger partial charge in [-0.2, -0.15) is 5.26 Å². The number of hydrogen-bond donors (Lipinski definition) is 1. The van der Waals surface area contributed by atoms with Crippen molar-refractivity contribution in [3.8, 4) is 29.1 Å². The van der Waals surface area contributed by atoms with Gasteiger partial charge in [0.25, 0.3) is 0 Å². The van der Waals surface area contributed by atoms with E-state index in [2.05, 4.69) is 16.4 Å². The van der Waals surface area contributed by atoms with E-state index in [-0.39, 0.29) is 11.4 Å². The highest BCUT2D eigenvalue weighted by atomic mass is 19.1. The van der Waals surface area contributed by atoms with E-state index >= 15 is 0 Å². The van der Waals surface area contributed by atoms with Crippen molar-refractivity contribution in [1.82, 2.24) is 4.98 Å². The lowest BCUT2D eigenvalue weighted by molar-refractivity contribution is 0.215. The first-order valence-corrected chi connectivity index (χ1v) is 11.6. The smallest absolute Gasteiger partial charge is 0.417 e. The minimum atomic E-state index is -0.821. The largest absolute Gasteiger partial charge is 0.487 e. The van der Waals surface area contributed by atoms with Gasteiger partial charge < -0.3 is 14.2 Å². The van der Waals surface area contributed by atoms with Crippen molar-refractivity contribution in [3.63, 3.8) is 0 Å². The first kappa shape index (κ1) is 24.3. The average Bonchev–Trinajstić information content (AvgIpc) is 2.94. The molecule has 0 bridgehead atoms. The number of hydrogen-bond acceptors (Lipinski definition) is 6. The third-order valence-electron chi connectivity index (χ3n) is 5.52. The lowest BCUT2D eigenvalue weighted by Gasteiger charge is -2.13. The Labute approximate surface area is 217 Å². The van der Waals surface area contributed by atoms with Crippen molar-refractivity contribution < 1.29 is 23.4 Å². The molecule has 186 valence electrons. The van der Waals surface area contributed by atoms with Gasteiger partial charge in [0, 0.05) is 23.7 Å². The minimum Gasteiger partial charge on any atom is -0.487 e. The van der Waals surface area contributed by atoms with E-state index in [1.807, 2.05) is 30.3 Å². The van der Waals surface area contributed by atoms with Crippen molar-refractivity contribution in [1.29, 1.82) is 5.26 Å². The van der Waals surface area contributed by atoms with Crippen molar-refractivity contribution in [2.45, 2.75) is 6.61 Å². The summed E-state index contributed by atoms with van der Waals surface area (Å²) in [6.07, 6.45) is 0.731. The monoisotopic (exact) mass is 505 g/mol. The summed E-state index contributed by atoms with van der Waals surface area (Å²) in [7, 11) is 0. The van der Waals surface area contributed by atoms with Crippen LogP contribution in [0.5, 0.6) is 23.0 Å². The molecule has 1 heterocycles. The summed E-state index contributed by atoms with van der Waals surface area (Å²) in [6, 6.07) is 29.2. The lowest BCUT2D eigenvalue weighted by Crippen LogP contribution is -2.17. The van der Waals surface area contributed by atoms with Crippen molar-refractivity contribution in [2.24, 2.45) is 0 Å². The number of nitriles is 1. The number of ether oxygens (including phenoxy) is 3. The Bertz CT molecular complexity index is 1640. The van der Waals surface area contributed by atoms with E-state index in [0.717, 1.165) is 11.6 Å². The summed E-state index contributed by atoms with van der Waals surface area (Å²) in [5.74, 6) is 0.599. The Kier molecular flexibility index (Phi) is 7.09. The number of amides is 1. The van der Waals surface area contributed by atoms with E-state index in [0.29, 0.717) is 40.3 Å². The zero-order valence-electron chi connectivity index (χ0n) is 19.9. The summed E-state index contributed by atoms with van der Waals surface area (Å²) >= 11 is 0. The molecular formula is C30H20FN3O4. The van der Waals surface area contributed by atoms with Gasteiger partial charge in [0.2, 0.25) is 0 Å². The van der Waals surface area contributed by atoms with Crippen molar-refractivity contribution in [2.75, 3.05) is 5.32 Å². The number of fused-ring (bicyclic) bond motifs is 1. The molecule has 0 saturated carbocycles. The number of benzene rings is 4. The van der Waals surface area contributed by atoms with Gasteiger partial charge in [-0.05, 0) is 42.0 Å². The Morgan fingerprint density at radius 1 is 0.895 bits per heavy atom. The molecule has 0 aliphatic rings. The highest BCUT2D eigenvalue weighted by Gasteiger charge is 2.14. The number of nitrogens with one attached hydrogen (secondary N) is 1. The van der Waals surface area contributed by atoms with Gasteiger partial charge in [0.05, 0.1) is 16.8 Å². The lowest BCUT2D eigenvalue weighted by atomic mass is 10.1. The van der Waals surface area contributed by atoms with Crippen LogP contribution in [0.4, 0.5) is 14.9 Å². The molecule has 5 aromatic rings. The van der Waals surface area contributed by atoms with Gasteiger partial charge in [0.15, 0.2) is 5.82 Å². The SMILES string of the molecule is N#Cc1cc2c(Oc3ccc(NC(=O)Oc4ccccc4)c(F)c3)ccnc2cc1OCc1ccccc1. The van der Waals surface area contributed by atoms with Gasteiger partial charge >= 0.3 is 6.09 Å². The molecule has 0 fully saturated rings. The molecule has 1 amide bonds. The molecule has 4 aromatic carbocycles. The molecule has 8 heteroatoms. The normalized spacial score (nSPS) is 10.4. The van der Waals surface area contributed by atoms with Crippen LogP contribution in [0, 0.1) is 17.1 Å². The van der Waals surface area contributed by atoms with Gasteiger partial charge in [0.1, 0.15) is 35.7 Å². The summed E-state index contributed by atoms with van der Waals surface area (Å²) in [6.45, 7) is 0.301. The molecule has 38 heavy (non-hydrogen) atoms. The summed E-state index contributed by atoms with van der Waals surface area (Å²) < 4.78 is 31.7. The van der Waals surface area contributed by atoms with Crippen LogP contribution in [-0.4, -0.2) is 11.1 Å². The Morgan fingerprint density at radius 2 is 1.66 bits per heavy atom. The van der Waals surface area contributed by atoms with E-state index in [9.17, 15) is 14.4 Å². The molecule has 0 radical (unpaired) electrons. The number of aromatic nitrogens is 1. The second-order valence-electron chi connectivity index (χ2n) is 8.13. The number of pyridine rings is 1. The molecule has 0 unspecified atom stereocenters. The predicted molar refractivity (Wildman–Crippen MR) is 140 cm³/mol. The fourth-order valence-corrected chi connectivity index (χ4v) is 3.70. The van der Waals surface area contributed by atoms with E-state index in [1.54, 1.807) is 54.7 Å². The number of para-hydroxylation sites is 1. The minimum absolute atomic E-state index is 0.0650. The van der Waals surface area contributed by atoms with Crippen LogP contribution in [0.15, 0.2) is 103 Å². The highest BCUT2D eigenvalue weighted by Crippen LogP contribution is 2.34. The van der Waals surface area contributed by atoms with E-state index < -0.39 is 11.9 Å². The third-order valence-corrected chi connectivity index (χ3v) is 5.52. The zero-order chi connectivity index (χ0) is 26.3. The number of carbonyl (C=O) groups excluding carboxylic acids is 1. The van der Waals surface area contributed by atoms with Crippen molar-refractivity contribution in [3.05, 3.63) is 120 Å². The van der Waals surface area contributed by atoms with E-state index in [1.165, 1.54) is 12.1 Å². The molecule has 0 atom stereocenters. The summed E-state index contributed by atoms with van der Waals surface area (Å²) in [5.41, 5.74) is 1.76. The van der Waals surface area contributed by atoms with Crippen molar-refractivity contribution >= 4 is 22.7 Å². The maximum absolute atomic E-state index is 14.7. The molecular weight excluding hydrogens is 485 g/mol. The summed E-state index contributed by atoms with van der Waals surface area (Å²) in [5, 5.41) is 12.6. The van der Waals surface area contributed by atoms with Crippen LogP contribution in [0.2, 0.25) is 0 Å². The summed E-state index contributed by atoms with van der Waals surface area (Å²) in [4.78, 5) is 16.5. The molecule has 1 aromatic heterocycles. The van der Waals surface area contributed by atoms with Crippen LogP contribution in [0.25, 0.3) is 10.9 Å². The van der Waals surface area contributed by atoms with Crippen LogP contribution in [0.3, 0.4) is 0 Å². The molecule has 7 nitrogen and oxygen atoms in total. The van der Waals surface area contributed by atoms with Crippen LogP contribution >= 0.6 is 0 Å². The van der Waals surface area contributed by atoms with Crippen LogP contribution < -0.4 is 19.5 Å². The Balaban J connectivity index is 1.33. The number of nitrogens with zero attached hydrogens (tertiary/aromatic N) is 2. The van der Waals surface area contributed by atoms with Gasteiger partial charge in [-0.1, -0.05) is 48.5 Å². The second kappa shape index (κ2) is 11.1. The molecule has 0 aliphatic carbocycles. The standard InChI is InChI=1S/C30H20FN3O4/c31-25-16-23(11-12-26(25)34-30(35)38-22-9-5-2-6-10-22)37-28-13-14-33-27-17-29(21(18-32)15-24(27)28)36-19-20-7-3-1-4-8-20/h1-17H,19H2,(H,34,35). The molecule has 0 saturated heterocycles. The molecule has 0 spiro atoms. The first-order valence-electron chi connectivity index (χ1n) is 11.6. The van der Waals surface area contributed by atoms with Gasteiger partial charge in [-0.3, -0.25) is 10.3 Å². The zero-order valence-corrected chi connectivity index (χ0v) is 19.9. The second-order valence-corrected chi connectivity index (χ2v) is 8.13. The fraction of sp³-hybridized carbons (Fsp3) is 0.0333. The number of anilines is 1. The number of carbonyl (C=O) groups is 1. The molecule has 5 rings (SSSR count). The van der Waals surface area contributed by atoms with Crippen LogP contribution in [0.1, 0.15) is 11.1 Å². The quantitative estimate of drug-likeness (QED) is 0.251. The van der Waals surface area contributed by atoms with Crippen LogP contribution in [-0.2, 0) is 6.61 Å². The molecule has 1 N–H and O–H groups in total. The maximum atomic E-state index is 14.7. The third kappa shape index (κ3) is 5.69. The Hall–Kier alpha value is -5.42. The Morgan fingerprint density at radius 3 is 2.39 bits per heavy atom. The maximum Gasteiger partial charge on any atom is 0.417 e. The molecule has 0 aliphatic heterocycles. The number of halogens is 1. The van der Waals surface area contributed by atoms with Gasteiger partial charge in [-0.25, -0.2) is 9.18 Å². The number of rotatable bonds is 7. The van der Waals surface area contributed by atoms with E-state index in [4.69, 9.17) is 14.2 Å². The predicted octanol–water partition coefficient (Wildman–Crippen LogP) is 7.23. The fourth-order valence-electron chi connectivity index (χ4n) is 3.70. The van der Waals surface area contributed by atoms with Gasteiger partial charge in [-0.15, -0.1) is 0 Å². The highest BCUT2D eigenvalue weighted by molar-refractivity contribution is 5.88.